The zero-order valence-electron chi connectivity index (χ0n) is 23.4. The number of benzene rings is 2. The molecule has 2 aliphatic heterocycles. The molecule has 0 bridgehead atoms. The maximum Gasteiger partial charge on any atom is 0.246 e. The van der Waals surface area contributed by atoms with Crippen LogP contribution in [0.1, 0.15) is 39.6 Å². The molecule has 1 N–H and O–H groups in total. The van der Waals surface area contributed by atoms with Crippen LogP contribution in [0.15, 0.2) is 72.8 Å². The van der Waals surface area contributed by atoms with Gasteiger partial charge in [-0.15, -0.1) is 11.3 Å². The summed E-state index contributed by atoms with van der Waals surface area (Å²) < 4.78 is 6.08. The SMILES string of the molecule is COc1cccc(C2C(C(=O)c3ccc(Cl)s3)C(C=Cc3ccccc3)N(C(=O)C3CC3)C2C(=O)N2CCNCC2)c1. The van der Waals surface area contributed by atoms with Gasteiger partial charge in [0.15, 0.2) is 5.78 Å². The maximum absolute atomic E-state index is 14.5. The lowest BCUT2D eigenvalue weighted by Gasteiger charge is -2.36. The lowest BCUT2D eigenvalue weighted by atomic mass is 9.78. The number of ether oxygens (including phenoxy) is 1. The number of Topliss-reactive ketones (excluding diaryl/α,β-unsaturated/α-hetero) is 1. The Bertz CT molecular complexity index is 1480. The van der Waals surface area contributed by atoms with Crippen LogP contribution in [0.3, 0.4) is 0 Å². The van der Waals surface area contributed by atoms with Crippen LogP contribution in [-0.2, 0) is 9.59 Å². The average Bonchev–Trinajstić information content (AvgIpc) is 3.71. The van der Waals surface area contributed by atoms with Gasteiger partial charge in [0, 0.05) is 38.0 Å². The molecule has 7 nitrogen and oxygen atoms in total. The number of halogens is 1. The van der Waals surface area contributed by atoms with E-state index >= 15 is 0 Å². The molecule has 1 aromatic heterocycles. The van der Waals surface area contributed by atoms with Crippen LogP contribution < -0.4 is 10.1 Å². The molecule has 0 spiro atoms. The number of rotatable bonds is 8. The molecule has 4 atom stereocenters. The van der Waals surface area contributed by atoms with Crippen molar-refractivity contribution in [1.29, 1.82) is 0 Å². The van der Waals surface area contributed by atoms with Crippen LogP contribution in [0.2, 0.25) is 4.34 Å². The van der Waals surface area contributed by atoms with E-state index in [1.54, 1.807) is 24.1 Å². The minimum Gasteiger partial charge on any atom is -0.497 e. The van der Waals surface area contributed by atoms with Gasteiger partial charge in [-0.3, -0.25) is 14.4 Å². The van der Waals surface area contributed by atoms with E-state index in [2.05, 4.69) is 5.32 Å². The van der Waals surface area contributed by atoms with Gasteiger partial charge in [0.1, 0.15) is 11.8 Å². The molecule has 2 aromatic carbocycles. The molecule has 9 heteroatoms. The highest BCUT2D eigenvalue weighted by atomic mass is 35.5. The Morgan fingerprint density at radius 3 is 2.40 bits per heavy atom. The number of hydrogen-bond acceptors (Lipinski definition) is 6. The Labute approximate surface area is 255 Å². The normalized spacial score (nSPS) is 24.2. The number of nitrogens with one attached hydrogen (secondary N) is 1. The number of nitrogens with zero attached hydrogens (tertiary/aromatic N) is 2. The summed E-state index contributed by atoms with van der Waals surface area (Å²) in [5.41, 5.74) is 1.75. The van der Waals surface area contributed by atoms with E-state index in [1.807, 2.05) is 71.6 Å². The van der Waals surface area contributed by atoms with Crippen molar-refractivity contribution >= 4 is 46.6 Å². The lowest BCUT2D eigenvalue weighted by molar-refractivity contribution is -0.146. The third kappa shape index (κ3) is 5.76. The Balaban J connectivity index is 1.54. The second-order valence-corrected chi connectivity index (χ2v) is 12.8. The summed E-state index contributed by atoms with van der Waals surface area (Å²) in [5, 5.41) is 3.31. The quantitative estimate of drug-likeness (QED) is 0.361. The summed E-state index contributed by atoms with van der Waals surface area (Å²) in [6.07, 6.45) is 5.50. The van der Waals surface area contributed by atoms with Gasteiger partial charge >= 0.3 is 0 Å². The van der Waals surface area contributed by atoms with E-state index in [1.165, 1.54) is 11.3 Å². The van der Waals surface area contributed by atoms with Crippen molar-refractivity contribution in [3.63, 3.8) is 0 Å². The molecule has 1 saturated carbocycles. The standard InChI is InChI=1S/C33H34ClN3O4S/c1-41-24-9-5-8-23(20-24)28-29(31(38)26-14-15-27(34)42-26)25(13-10-21-6-3-2-4-7-21)37(32(39)22-11-12-22)30(28)33(40)36-18-16-35-17-19-36/h2-10,13-15,20,22,25,28-30,35H,11-12,16-19H2,1H3. The number of carbonyl (C=O) groups is 3. The zero-order valence-corrected chi connectivity index (χ0v) is 25.0. The van der Waals surface area contributed by atoms with Gasteiger partial charge in [-0.2, -0.15) is 0 Å². The van der Waals surface area contributed by atoms with Crippen LogP contribution in [0.25, 0.3) is 6.08 Å². The first-order valence-electron chi connectivity index (χ1n) is 14.4. The molecule has 2 saturated heterocycles. The molecule has 3 aromatic rings. The molecule has 218 valence electrons. The molecule has 6 rings (SSSR count). The molecular weight excluding hydrogens is 570 g/mol. The molecule has 2 amide bonds. The van der Waals surface area contributed by atoms with Crippen molar-refractivity contribution in [3.05, 3.63) is 93.1 Å². The van der Waals surface area contributed by atoms with Crippen LogP contribution in [-0.4, -0.2) is 72.8 Å². The van der Waals surface area contributed by atoms with Gasteiger partial charge < -0.3 is 19.9 Å². The fourth-order valence-corrected chi connectivity index (χ4v) is 7.30. The fraction of sp³-hybridized carbons (Fsp3) is 0.364. The first-order chi connectivity index (χ1) is 20.5. The Hall–Kier alpha value is -3.46. The van der Waals surface area contributed by atoms with Gasteiger partial charge in [0.25, 0.3) is 0 Å². The highest BCUT2D eigenvalue weighted by Crippen LogP contribution is 2.49. The maximum atomic E-state index is 14.5. The second-order valence-electron chi connectivity index (χ2n) is 11.1. The van der Waals surface area contributed by atoms with Crippen molar-refractivity contribution in [3.8, 4) is 5.75 Å². The first-order valence-corrected chi connectivity index (χ1v) is 15.6. The molecule has 4 unspecified atom stereocenters. The molecule has 3 heterocycles. The van der Waals surface area contributed by atoms with Crippen molar-refractivity contribution < 1.29 is 19.1 Å². The van der Waals surface area contributed by atoms with E-state index in [0.717, 1.165) is 24.0 Å². The summed E-state index contributed by atoms with van der Waals surface area (Å²) in [4.78, 5) is 47.4. The number of hydrogen-bond donors (Lipinski definition) is 1. The number of amides is 2. The van der Waals surface area contributed by atoms with E-state index in [9.17, 15) is 14.4 Å². The molecule has 42 heavy (non-hydrogen) atoms. The average molecular weight is 604 g/mol. The number of ketones is 1. The van der Waals surface area contributed by atoms with Crippen molar-refractivity contribution in [2.45, 2.75) is 30.8 Å². The molecule has 3 aliphatic rings. The van der Waals surface area contributed by atoms with E-state index in [-0.39, 0.29) is 23.5 Å². The third-order valence-corrected chi connectivity index (χ3v) is 9.71. The Morgan fingerprint density at radius 2 is 1.74 bits per heavy atom. The van der Waals surface area contributed by atoms with Crippen molar-refractivity contribution in [2.75, 3.05) is 33.3 Å². The number of piperazine rings is 1. The number of likely N-dealkylation sites (tertiary alicyclic amines) is 1. The van der Waals surface area contributed by atoms with Crippen LogP contribution in [0.5, 0.6) is 5.75 Å². The lowest BCUT2D eigenvalue weighted by Crippen LogP contribution is -2.55. The van der Waals surface area contributed by atoms with E-state index < -0.39 is 23.9 Å². The summed E-state index contributed by atoms with van der Waals surface area (Å²) in [6.45, 7) is 2.48. The summed E-state index contributed by atoms with van der Waals surface area (Å²) in [7, 11) is 1.60. The monoisotopic (exact) mass is 603 g/mol. The van der Waals surface area contributed by atoms with Gasteiger partial charge in [-0.1, -0.05) is 66.2 Å². The van der Waals surface area contributed by atoms with E-state index in [4.69, 9.17) is 16.3 Å². The Kier molecular flexibility index (Phi) is 8.47. The third-order valence-electron chi connectivity index (χ3n) is 8.46. The van der Waals surface area contributed by atoms with Crippen molar-refractivity contribution in [1.82, 2.24) is 15.1 Å². The topological polar surface area (TPSA) is 79.0 Å². The van der Waals surface area contributed by atoms with Gasteiger partial charge in [-0.05, 0) is 48.2 Å². The molecule has 1 aliphatic carbocycles. The summed E-state index contributed by atoms with van der Waals surface area (Å²) >= 11 is 7.53. The van der Waals surface area contributed by atoms with Gasteiger partial charge in [0.05, 0.1) is 28.3 Å². The zero-order chi connectivity index (χ0) is 29.2. The number of methoxy groups -OCH3 is 1. The van der Waals surface area contributed by atoms with Crippen LogP contribution in [0, 0.1) is 11.8 Å². The minimum absolute atomic E-state index is 0.0568. The largest absolute Gasteiger partial charge is 0.497 e. The van der Waals surface area contributed by atoms with Gasteiger partial charge in [-0.25, -0.2) is 0 Å². The summed E-state index contributed by atoms with van der Waals surface area (Å²) in [5.74, 6) is -1.07. The van der Waals surface area contributed by atoms with Crippen molar-refractivity contribution in [2.24, 2.45) is 11.8 Å². The van der Waals surface area contributed by atoms with E-state index in [0.29, 0.717) is 41.1 Å². The molecule has 3 fully saturated rings. The first kappa shape index (κ1) is 28.6. The number of thiophene rings is 1. The highest BCUT2D eigenvalue weighted by molar-refractivity contribution is 7.18. The number of carbonyl (C=O) groups excluding carboxylic acids is 3. The predicted octanol–water partition coefficient (Wildman–Crippen LogP) is 5.13. The second kappa shape index (κ2) is 12.4. The minimum atomic E-state index is -0.835. The van der Waals surface area contributed by atoms with Gasteiger partial charge in [0.2, 0.25) is 11.8 Å². The predicted molar refractivity (Wildman–Crippen MR) is 165 cm³/mol. The van der Waals surface area contributed by atoms with Crippen LogP contribution >= 0.6 is 22.9 Å². The van der Waals surface area contributed by atoms with Crippen LogP contribution in [0.4, 0.5) is 0 Å². The summed E-state index contributed by atoms with van der Waals surface area (Å²) in [6, 6.07) is 19.4. The molecule has 0 radical (unpaired) electrons. The Morgan fingerprint density at radius 1 is 0.976 bits per heavy atom. The fourth-order valence-electron chi connectivity index (χ4n) is 6.26. The molecular formula is C33H34ClN3O4S. The highest BCUT2D eigenvalue weighted by Gasteiger charge is 2.58. The smallest absolute Gasteiger partial charge is 0.246 e.